The van der Waals surface area contributed by atoms with E-state index >= 15 is 0 Å². The van der Waals surface area contributed by atoms with Crippen LogP contribution in [0.3, 0.4) is 0 Å². The Morgan fingerprint density at radius 2 is 2.00 bits per heavy atom. The zero-order chi connectivity index (χ0) is 13.8. The second-order valence-corrected chi connectivity index (χ2v) is 4.47. The molecule has 0 saturated carbocycles. The van der Waals surface area contributed by atoms with Crippen molar-refractivity contribution in [3.05, 3.63) is 11.9 Å². The molecule has 0 aromatic carbocycles. The number of methoxy groups -OCH3 is 1. The van der Waals surface area contributed by atoms with E-state index in [0.717, 1.165) is 44.3 Å². The molecule has 0 unspecified atom stereocenters. The lowest BCUT2D eigenvalue weighted by Crippen LogP contribution is -2.09. The van der Waals surface area contributed by atoms with Crippen LogP contribution in [0.1, 0.15) is 31.4 Å². The van der Waals surface area contributed by atoms with Gasteiger partial charge in [0.15, 0.2) is 0 Å². The van der Waals surface area contributed by atoms with Gasteiger partial charge in [-0.1, -0.05) is 18.1 Å². The maximum atomic E-state index is 8.68. The number of aliphatic hydroxyl groups excluding tert-OH is 1. The van der Waals surface area contributed by atoms with Gasteiger partial charge in [-0.2, -0.15) is 0 Å². The highest BCUT2D eigenvalue weighted by molar-refractivity contribution is 4.92. The molecule has 6 heteroatoms. The van der Waals surface area contributed by atoms with Crippen LogP contribution in [0.5, 0.6) is 0 Å². The van der Waals surface area contributed by atoms with Crippen molar-refractivity contribution >= 4 is 0 Å². The minimum atomic E-state index is 0.291. The van der Waals surface area contributed by atoms with E-state index in [1.54, 1.807) is 7.11 Å². The molecular weight excluding hydrogens is 246 g/mol. The van der Waals surface area contributed by atoms with E-state index in [0.29, 0.717) is 26.4 Å². The number of hydrogen-bond donors (Lipinski definition) is 1. The molecule has 19 heavy (non-hydrogen) atoms. The fourth-order valence-electron chi connectivity index (χ4n) is 1.74. The van der Waals surface area contributed by atoms with Crippen molar-refractivity contribution in [3.63, 3.8) is 0 Å². The molecule has 1 heterocycles. The SMILES string of the molecule is COCCOCCn1cc(CCCCCCO)nn1. The first kappa shape index (κ1) is 16.1. The van der Waals surface area contributed by atoms with E-state index in [1.807, 2.05) is 10.9 Å². The first-order chi connectivity index (χ1) is 9.36. The van der Waals surface area contributed by atoms with Crippen molar-refractivity contribution in [2.45, 2.75) is 38.6 Å². The zero-order valence-corrected chi connectivity index (χ0v) is 11.8. The molecule has 0 bridgehead atoms. The quantitative estimate of drug-likeness (QED) is 0.575. The van der Waals surface area contributed by atoms with Gasteiger partial charge < -0.3 is 14.6 Å². The number of aryl methyl sites for hydroxylation is 1. The largest absolute Gasteiger partial charge is 0.396 e. The summed E-state index contributed by atoms with van der Waals surface area (Å²) in [5.41, 5.74) is 1.03. The summed E-state index contributed by atoms with van der Waals surface area (Å²) < 4.78 is 12.1. The maximum Gasteiger partial charge on any atom is 0.0827 e. The Labute approximate surface area is 114 Å². The number of nitrogens with zero attached hydrogens (tertiary/aromatic N) is 3. The molecule has 0 atom stereocenters. The molecule has 6 nitrogen and oxygen atoms in total. The van der Waals surface area contributed by atoms with Crippen molar-refractivity contribution < 1.29 is 14.6 Å². The third kappa shape index (κ3) is 7.92. The van der Waals surface area contributed by atoms with E-state index in [9.17, 15) is 0 Å². The van der Waals surface area contributed by atoms with Gasteiger partial charge >= 0.3 is 0 Å². The molecule has 1 rings (SSSR count). The monoisotopic (exact) mass is 271 g/mol. The van der Waals surface area contributed by atoms with Gasteiger partial charge in [0.25, 0.3) is 0 Å². The number of aliphatic hydroxyl groups is 1. The summed E-state index contributed by atoms with van der Waals surface area (Å²) >= 11 is 0. The molecule has 110 valence electrons. The number of aromatic nitrogens is 3. The summed E-state index contributed by atoms with van der Waals surface area (Å²) in [6.45, 7) is 2.88. The second kappa shape index (κ2) is 10.9. The van der Waals surface area contributed by atoms with Gasteiger partial charge in [-0.05, 0) is 19.3 Å². The van der Waals surface area contributed by atoms with Gasteiger partial charge in [0.1, 0.15) is 0 Å². The lowest BCUT2D eigenvalue weighted by atomic mass is 10.1. The van der Waals surface area contributed by atoms with E-state index in [1.165, 1.54) is 0 Å². The first-order valence-electron chi connectivity index (χ1n) is 6.93. The lowest BCUT2D eigenvalue weighted by molar-refractivity contribution is 0.0652. The summed E-state index contributed by atoms with van der Waals surface area (Å²) in [7, 11) is 1.66. The van der Waals surface area contributed by atoms with E-state index < -0.39 is 0 Å². The Hall–Kier alpha value is -0.980. The standard InChI is InChI=1S/C13H25N3O3/c1-18-10-11-19-9-7-16-12-13(14-15-16)6-4-2-3-5-8-17/h12,17H,2-11H2,1H3. The molecule has 0 fully saturated rings. The van der Waals surface area contributed by atoms with Crippen LogP contribution in [-0.2, 0) is 22.4 Å². The summed E-state index contributed by atoms with van der Waals surface area (Å²) in [6.07, 6.45) is 7.14. The Morgan fingerprint density at radius 3 is 2.79 bits per heavy atom. The van der Waals surface area contributed by atoms with Gasteiger partial charge in [0.05, 0.1) is 32.1 Å². The number of hydrogen-bond acceptors (Lipinski definition) is 5. The third-order valence-electron chi connectivity index (χ3n) is 2.82. The van der Waals surface area contributed by atoms with Crippen LogP contribution in [0.25, 0.3) is 0 Å². The first-order valence-corrected chi connectivity index (χ1v) is 6.93. The predicted octanol–water partition coefficient (Wildman–Crippen LogP) is 1.04. The summed E-state index contributed by atoms with van der Waals surface area (Å²) in [5.74, 6) is 0. The van der Waals surface area contributed by atoms with Crippen LogP contribution in [0.2, 0.25) is 0 Å². The minimum absolute atomic E-state index is 0.291. The Balaban J connectivity index is 2.07. The van der Waals surface area contributed by atoms with Gasteiger partial charge in [-0.3, -0.25) is 0 Å². The topological polar surface area (TPSA) is 69.4 Å². The molecule has 0 amide bonds. The fourth-order valence-corrected chi connectivity index (χ4v) is 1.74. The van der Waals surface area contributed by atoms with Crippen LogP contribution in [0.4, 0.5) is 0 Å². The van der Waals surface area contributed by atoms with E-state index in [2.05, 4.69) is 10.3 Å². The average Bonchev–Trinajstić information content (AvgIpc) is 2.86. The van der Waals surface area contributed by atoms with Crippen LogP contribution in [0.15, 0.2) is 6.20 Å². The van der Waals surface area contributed by atoms with Crippen molar-refractivity contribution in [3.8, 4) is 0 Å². The summed E-state index contributed by atoms with van der Waals surface area (Å²) in [5, 5.41) is 16.9. The maximum absolute atomic E-state index is 8.68. The van der Waals surface area contributed by atoms with Crippen molar-refractivity contribution in [1.82, 2.24) is 15.0 Å². The molecule has 0 spiro atoms. The van der Waals surface area contributed by atoms with E-state index in [4.69, 9.17) is 14.6 Å². The normalized spacial score (nSPS) is 11.1. The Kier molecular flexibility index (Phi) is 9.22. The highest BCUT2D eigenvalue weighted by atomic mass is 16.5. The van der Waals surface area contributed by atoms with Crippen LogP contribution < -0.4 is 0 Å². The molecule has 1 aromatic heterocycles. The van der Waals surface area contributed by atoms with Gasteiger partial charge in [0.2, 0.25) is 0 Å². The average molecular weight is 271 g/mol. The Bertz CT molecular complexity index is 289. The fraction of sp³-hybridized carbons (Fsp3) is 0.846. The van der Waals surface area contributed by atoms with Gasteiger partial charge in [0, 0.05) is 19.9 Å². The second-order valence-electron chi connectivity index (χ2n) is 4.47. The molecule has 1 aromatic rings. The molecule has 0 radical (unpaired) electrons. The molecular formula is C13H25N3O3. The predicted molar refractivity (Wildman–Crippen MR) is 72.0 cm³/mol. The van der Waals surface area contributed by atoms with Crippen molar-refractivity contribution in [1.29, 1.82) is 0 Å². The van der Waals surface area contributed by atoms with E-state index in [-0.39, 0.29) is 0 Å². The van der Waals surface area contributed by atoms with Crippen LogP contribution >= 0.6 is 0 Å². The van der Waals surface area contributed by atoms with Crippen LogP contribution in [0, 0.1) is 0 Å². The molecule has 1 N–H and O–H groups in total. The van der Waals surface area contributed by atoms with Gasteiger partial charge in [-0.25, -0.2) is 4.68 Å². The molecule has 0 aliphatic carbocycles. The third-order valence-corrected chi connectivity index (χ3v) is 2.82. The smallest absolute Gasteiger partial charge is 0.0827 e. The number of unbranched alkanes of at least 4 members (excludes halogenated alkanes) is 3. The summed E-state index contributed by atoms with van der Waals surface area (Å²) in [4.78, 5) is 0. The van der Waals surface area contributed by atoms with Crippen molar-refractivity contribution in [2.75, 3.05) is 33.5 Å². The Morgan fingerprint density at radius 1 is 1.16 bits per heavy atom. The highest BCUT2D eigenvalue weighted by Gasteiger charge is 2.00. The highest BCUT2D eigenvalue weighted by Crippen LogP contribution is 2.05. The van der Waals surface area contributed by atoms with Crippen LogP contribution in [-0.4, -0.2) is 53.6 Å². The minimum Gasteiger partial charge on any atom is -0.396 e. The number of rotatable bonds is 12. The van der Waals surface area contributed by atoms with Crippen molar-refractivity contribution in [2.24, 2.45) is 0 Å². The zero-order valence-electron chi connectivity index (χ0n) is 11.8. The molecule has 0 aliphatic heterocycles. The molecule has 0 aliphatic rings. The molecule has 0 saturated heterocycles. The van der Waals surface area contributed by atoms with Gasteiger partial charge in [-0.15, -0.1) is 5.10 Å². The number of ether oxygens (including phenoxy) is 2. The lowest BCUT2D eigenvalue weighted by Gasteiger charge is -2.02. The summed E-state index contributed by atoms with van der Waals surface area (Å²) in [6, 6.07) is 0.